The maximum atomic E-state index is 5.24. The zero-order valence-electron chi connectivity index (χ0n) is 16.9. The lowest BCUT2D eigenvalue weighted by Gasteiger charge is -2.07. The molecule has 9 nitrogen and oxygen atoms in total. The van der Waals surface area contributed by atoms with Crippen LogP contribution in [-0.2, 0) is 0 Å². The Morgan fingerprint density at radius 3 is 1.77 bits per heavy atom. The molecule has 0 bridgehead atoms. The first-order chi connectivity index (χ1) is 15.0. The number of rotatable bonds is 6. The van der Waals surface area contributed by atoms with Crippen molar-refractivity contribution in [3.05, 3.63) is 72.3 Å². The topological polar surface area (TPSA) is 114 Å². The van der Waals surface area contributed by atoms with Crippen molar-refractivity contribution in [1.29, 1.82) is 0 Å². The Kier molecular flexibility index (Phi) is 7.73. The Hall–Kier alpha value is -3.70. The molecule has 0 unspecified atom stereocenters. The van der Waals surface area contributed by atoms with Crippen LogP contribution in [0.25, 0.3) is 0 Å². The second kappa shape index (κ2) is 10.9. The van der Waals surface area contributed by atoms with E-state index in [4.69, 9.17) is 24.4 Å². The Bertz CT molecular complexity index is 1010. The summed E-state index contributed by atoms with van der Waals surface area (Å²) in [4.78, 5) is 4.40. The molecule has 0 aliphatic carbocycles. The van der Waals surface area contributed by atoms with Crippen LogP contribution in [0.3, 0.4) is 0 Å². The van der Waals surface area contributed by atoms with Crippen molar-refractivity contribution in [3.8, 4) is 0 Å². The van der Waals surface area contributed by atoms with E-state index in [0.717, 1.165) is 11.4 Å². The minimum absolute atomic E-state index is 0.364. The molecular weight excluding hydrogens is 430 g/mol. The van der Waals surface area contributed by atoms with Crippen LogP contribution in [0.1, 0.15) is 25.5 Å². The fourth-order valence-electron chi connectivity index (χ4n) is 2.32. The van der Waals surface area contributed by atoms with E-state index in [-0.39, 0.29) is 0 Å². The van der Waals surface area contributed by atoms with Crippen molar-refractivity contribution in [2.75, 3.05) is 10.6 Å². The molecular formula is C20H21N9S2. The van der Waals surface area contributed by atoms with Gasteiger partial charge in [0.1, 0.15) is 11.4 Å². The van der Waals surface area contributed by atoms with Crippen molar-refractivity contribution in [3.63, 3.8) is 0 Å². The van der Waals surface area contributed by atoms with E-state index in [0.29, 0.717) is 33.3 Å². The standard InChI is InChI=1S/C20H21N9S2/c1-13(24-28-19(30)21-15-9-5-3-6-10-15)17-23-18(27-26-17)14(2)25-29-20(31)22-16-11-7-4-8-12-16/h3-12H,1-2H3,(H2,21,28,30)(H2,22,29,31)(H,23,26,27). The van der Waals surface area contributed by atoms with Gasteiger partial charge in [-0.15, -0.1) is 0 Å². The van der Waals surface area contributed by atoms with Crippen molar-refractivity contribution < 1.29 is 0 Å². The number of anilines is 2. The molecule has 31 heavy (non-hydrogen) atoms. The summed E-state index contributed by atoms with van der Waals surface area (Å²) in [5.41, 5.74) is 8.44. The first-order valence-corrected chi connectivity index (χ1v) is 10.1. The minimum Gasteiger partial charge on any atom is -0.331 e. The summed E-state index contributed by atoms with van der Waals surface area (Å²) < 4.78 is 0. The molecule has 0 spiro atoms. The average molecular weight is 452 g/mol. The quantitative estimate of drug-likeness (QED) is 0.220. The lowest BCUT2D eigenvalue weighted by atomic mass is 10.3. The van der Waals surface area contributed by atoms with E-state index in [1.165, 1.54) is 0 Å². The van der Waals surface area contributed by atoms with Gasteiger partial charge >= 0.3 is 0 Å². The number of thiocarbonyl (C=S) groups is 2. The molecule has 0 fully saturated rings. The Morgan fingerprint density at radius 1 is 0.774 bits per heavy atom. The molecule has 0 radical (unpaired) electrons. The summed E-state index contributed by atoms with van der Waals surface area (Å²) in [6.07, 6.45) is 0. The molecule has 3 rings (SSSR count). The number of hydrazone groups is 2. The van der Waals surface area contributed by atoms with Gasteiger partial charge in [-0.3, -0.25) is 16.0 Å². The Morgan fingerprint density at radius 2 is 1.26 bits per heavy atom. The maximum absolute atomic E-state index is 5.24. The number of para-hydroxylation sites is 2. The smallest absolute Gasteiger partial charge is 0.197 e. The molecule has 1 heterocycles. The Labute approximate surface area is 190 Å². The van der Waals surface area contributed by atoms with Crippen LogP contribution in [0.15, 0.2) is 70.9 Å². The number of aromatic amines is 1. The van der Waals surface area contributed by atoms with Crippen LogP contribution >= 0.6 is 24.4 Å². The van der Waals surface area contributed by atoms with Crippen LogP contribution in [0.5, 0.6) is 0 Å². The summed E-state index contributed by atoms with van der Waals surface area (Å²) in [7, 11) is 0. The van der Waals surface area contributed by atoms with Crippen molar-refractivity contribution in [2.45, 2.75) is 13.8 Å². The highest BCUT2D eigenvalue weighted by atomic mass is 32.1. The van der Waals surface area contributed by atoms with Gasteiger partial charge in [-0.2, -0.15) is 15.3 Å². The van der Waals surface area contributed by atoms with E-state index < -0.39 is 0 Å². The highest BCUT2D eigenvalue weighted by Gasteiger charge is 2.09. The normalized spacial score (nSPS) is 11.5. The zero-order valence-corrected chi connectivity index (χ0v) is 18.5. The predicted molar refractivity (Wildman–Crippen MR) is 132 cm³/mol. The lowest BCUT2D eigenvalue weighted by Crippen LogP contribution is -2.25. The van der Waals surface area contributed by atoms with Gasteiger partial charge in [0.2, 0.25) is 0 Å². The second-order valence-electron chi connectivity index (χ2n) is 6.27. The third kappa shape index (κ3) is 6.94. The number of aromatic nitrogens is 3. The summed E-state index contributed by atoms with van der Waals surface area (Å²) >= 11 is 10.5. The zero-order chi connectivity index (χ0) is 22.1. The largest absolute Gasteiger partial charge is 0.331 e. The van der Waals surface area contributed by atoms with Crippen molar-refractivity contribution in [1.82, 2.24) is 26.0 Å². The monoisotopic (exact) mass is 451 g/mol. The lowest BCUT2D eigenvalue weighted by molar-refractivity contribution is 1.01. The molecule has 0 saturated heterocycles. The van der Waals surface area contributed by atoms with Gasteiger partial charge in [0, 0.05) is 11.4 Å². The first kappa shape index (κ1) is 22.0. The minimum atomic E-state index is 0.364. The summed E-state index contributed by atoms with van der Waals surface area (Å²) in [5.74, 6) is 0.911. The van der Waals surface area contributed by atoms with Crippen LogP contribution < -0.4 is 21.5 Å². The molecule has 3 aromatic rings. The maximum Gasteiger partial charge on any atom is 0.197 e. The van der Waals surface area contributed by atoms with Gasteiger partial charge in [0.15, 0.2) is 21.9 Å². The number of nitrogens with one attached hydrogen (secondary N) is 5. The fourth-order valence-corrected chi connectivity index (χ4v) is 2.65. The SMILES string of the molecule is CC(=NNC(=S)Nc1ccccc1)c1n[nH]c(C(C)=NNC(=S)Nc2ccccc2)n1. The Balaban J connectivity index is 1.54. The number of nitrogens with zero attached hydrogens (tertiary/aromatic N) is 4. The van der Waals surface area contributed by atoms with E-state index >= 15 is 0 Å². The highest BCUT2D eigenvalue weighted by Crippen LogP contribution is 2.05. The summed E-state index contributed by atoms with van der Waals surface area (Å²) in [5, 5.41) is 22.2. The van der Waals surface area contributed by atoms with Crippen LogP contribution in [-0.4, -0.2) is 36.8 Å². The predicted octanol–water partition coefficient (Wildman–Crippen LogP) is 3.23. The van der Waals surface area contributed by atoms with Gasteiger partial charge in [-0.25, -0.2) is 4.98 Å². The molecule has 0 saturated carbocycles. The average Bonchev–Trinajstić information content (AvgIpc) is 3.28. The highest BCUT2D eigenvalue weighted by molar-refractivity contribution is 7.80. The molecule has 0 aliphatic rings. The van der Waals surface area contributed by atoms with Crippen LogP contribution in [0.2, 0.25) is 0 Å². The van der Waals surface area contributed by atoms with E-state index in [2.05, 4.69) is 46.9 Å². The van der Waals surface area contributed by atoms with Crippen LogP contribution in [0, 0.1) is 0 Å². The van der Waals surface area contributed by atoms with E-state index in [1.54, 1.807) is 13.8 Å². The number of H-pyrrole nitrogens is 1. The molecule has 0 aliphatic heterocycles. The molecule has 158 valence electrons. The molecule has 0 amide bonds. The first-order valence-electron chi connectivity index (χ1n) is 9.27. The molecule has 1 aromatic heterocycles. The third-order valence-electron chi connectivity index (χ3n) is 3.87. The molecule has 11 heteroatoms. The molecule has 5 N–H and O–H groups in total. The van der Waals surface area contributed by atoms with Gasteiger partial charge in [-0.1, -0.05) is 36.4 Å². The molecule has 0 atom stereocenters. The van der Waals surface area contributed by atoms with Gasteiger partial charge in [0.25, 0.3) is 0 Å². The molecule has 2 aromatic carbocycles. The summed E-state index contributed by atoms with van der Waals surface area (Å²) in [6.45, 7) is 3.56. The third-order valence-corrected chi connectivity index (χ3v) is 4.25. The van der Waals surface area contributed by atoms with E-state index in [9.17, 15) is 0 Å². The fraction of sp³-hybridized carbons (Fsp3) is 0.100. The van der Waals surface area contributed by atoms with Gasteiger partial charge in [0.05, 0.1) is 0 Å². The van der Waals surface area contributed by atoms with Gasteiger partial charge < -0.3 is 10.6 Å². The van der Waals surface area contributed by atoms with Crippen molar-refractivity contribution in [2.24, 2.45) is 10.2 Å². The summed E-state index contributed by atoms with van der Waals surface area (Å²) in [6, 6.07) is 19.1. The number of benzene rings is 2. The van der Waals surface area contributed by atoms with E-state index in [1.807, 2.05) is 60.7 Å². The number of hydrogen-bond acceptors (Lipinski definition) is 6. The van der Waals surface area contributed by atoms with Crippen molar-refractivity contribution >= 4 is 57.5 Å². The number of hydrogen-bond donors (Lipinski definition) is 5. The second-order valence-corrected chi connectivity index (χ2v) is 7.08. The van der Waals surface area contributed by atoms with Crippen LogP contribution in [0.4, 0.5) is 11.4 Å². The van der Waals surface area contributed by atoms with Gasteiger partial charge in [-0.05, 0) is 62.5 Å².